The van der Waals surface area contributed by atoms with E-state index in [1.54, 1.807) is 31.4 Å². The van der Waals surface area contributed by atoms with Crippen molar-refractivity contribution in [1.29, 1.82) is 0 Å². The highest BCUT2D eigenvalue weighted by atomic mass is 19.4. The number of carbonyl (C=O) groups excluding carboxylic acids is 1. The first-order chi connectivity index (χ1) is 15.7. The molecular formula is C24H22F3N3O3. The molecule has 2 heterocycles. The van der Waals surface area contributed by atoms with E-state index in [1.165, 1.54) is 27.9 Å². The van der Waals surface area contributed by atoms with Gasteiger partial charge in [0, 0.05) is 42.0 Å². The van der Waals surface area contributed by atoms with Crippen LogP contribution in [0, 0.1) is 0 Å². The number of nitrogens with zero attached hydrogens (tertiary/aromatic N) is 3. The number of benzene rings is 2. The molecule has 2 atom stereocenters. The van der Waals surface area contributed by atoms with Gasteiger partial charge in [-0.2, -0.15) is 18.3 Å². The fraction of sp³-hybridized carbons (Fsp3) is 0.333. The summed E-state index contributed by atoms with van der Waals surface area (Å²) in [6.07, 6.45) is -0.507. The van der Waals surface area contributed by atoms with Crippen LogP contribution in [0.15, 0.2) is 48.8 Å². The molecule has 172 valence electrons. The van der Waals surface area contributed by atoms with Crippen LogP contribution in [-0.4, -0.2) is 56.2 Å². The molecule has 33 heavy (non-hydrogen) atoms. The van der Waals surface area contributed by atoms with Gasteiger partial charge in [-0.1, -0.05) is 24.3 Å². The van der Waals surface area contributed by atoms with Crippen LogP contribution in [0.4, 0.5) is 13.2 Å². The summed E-state index contributed by atoms with van der Waals surface area (Å²) in [6, 6.07) is 8.20. The topological polar surface area (TPSA) is 78.6 Å². The van der Waals surface area contributed by atoms with Crippen LogP contribution < -0.4 is 0 Å². The Morgan fingerprint density at radius 3 is 2.64 bits per heavy atom. The van der Waals surface area contributed by atoms with Crippen LogP contribution in [-0.2, 0) is 12.6 Å². The van der Waals surface area contributed by atoms with Crippen LogP contribution in [0.2, 0.25) is 0 Å². The Balaban J connectivity index is 1.80. The highest BCUT2D eigenvalue weighted by Gasteiger charge is 2.61. The third-order valence-electron chi connectivity index (χ3n) is 6.64. The van der Waals surface area contributed by atoms with E-state index in [2.05, 4.69) is 5.10 Å². The molecule has 1 aliphatic heterocycles. The second-order valence-corrected chi connectivity index (χ2v) is 8.58. The van der Waals surface area contributed by atoms with E-state index < -0.39 is 17.7 Å². The van der Waals surface area contributed by atoms with Crippen LogP contribution >= 0.6 is 0 Å². The standard InChI is InChI=1S/C24H22F3N3O3/c1-29-12-15(11-28-29)18-9-14(22(32)30-8-4-5-16(30)13-31)10-20-21(18)17-6-2-3-7-19(17)23(20,33)24(25,26)27/h2-3,6-7,9-12,16,31,33H,4-5,8,13H2,1H3/t16-,23?/m0/s1. The van der Waals surface area contributed by atoms with E-state index in [1.807, 2.05) is 0 Å². The zero-order valence-corrected chi connectivity index (χ0v) is 17.8. The largest absolute Gasteiger partial charge is 0.425 e. The van der Waals surface area contributed by atoms with Crippen LogP contribution in [0.3, 0.4) is 0 Å². The Bertz CT molecular complexity index is 1250. The average molecular weight is 457 g/mol. The van der Waals surface area contributed by atoms with Crippen LogP contribution in [0.25, 0.3) is 22.3 Å². The summed E-state index contributed by atoms with van der Waals surface area (Å²) in [4.78, 5) is 14.9. The number of carbonyl (C=O) groups is 1. The smallest absolute Gasteiger partial charge is 0.394 e. The first-order valence-corrected chi connectivity index (χ1v) is 10.6. The van der Waals surface area contributed by atoms with E-state index in [4.69, 9.17) is 0 Å². The quantitative estimate of drug-likeness (QED) is 0.632. The summed E-state index contributed by atoms with van der Waals surface area (Å²) >= 11 is 0. The van der Waals surface area contributed by atoms with Crippen molar-refractivity contribution in [2.24, 2.45) is 7.05 Å². The summed E-state index contributed by atoms with van der Waals surface area (Å²) in [5, 5.41) is 24.9. The Kier molecular flexibility index (Phi) is 4.88. The summed E-state index contributed by atoms with van der Waals surface area (Å²) in [6.45, 7) is 0.192. The highest BCUT2D eigenvalue weighted by Crippen LogP contribution is 2.57. The molecule has 3 aromatic rings. The normalized spacial score (nSPS) is 21.9. The molecule has 1 fully saturated rings. The van der Waals surface area contributed by atoms with Gasteiger partial charge in [0.05, 0.1) is 18.8 Å². The lowest BCUT2D eigenvalue weighted by atomic mass is 9.87. The number of fused-ring (bicyclic) bond motifs is 3. The summed E-state index contributed by atoms with van der Waals surface area (Å²) in [7, 11) is 1.69. The molecule has 0 saturated carbocycles. The lowest BCUT2D eigenvalue weighted by molar-refractivity contribution is -0.246. The molecular weight excluding hydrogens is 435 g/mol. The number of rotatable bonds is 3. The number of hydrogen-bond acceptors (Lipinski definition) is 4. The van der Waals surface area contributed by atoms with Crippen molar-refractivity contribution < 1.29 is 28.2 Å². The first kappa shape index (κ1) is 21.7. The fourth-order valence-electron chi connectivity index (χ4n) is 5.05. The van der Waals surface area contributed by atoms with E-state index in [9.17, 15) is 28.2 Å². The van der Waals surface area contributed by atoms with Gasteiger partial charge in [0.15, 0.2) is 0 Å². The number of aryl methyl sites for hydroxylation is 1. The number of aliphatic hydroxyl groups excluding tert-OH is 1. The zero-order chi connectivity index (χ0) is 23.5. The van der Waals surface area contributed by atoms with E-state index in [-0.39, 0.29) is 40.5 Å². The minimum Gasteiger partial charge on any atom is -0.394 e. The average Bonchev–Trinajstić information content (AvgIpc) is 3.50. The van der Waals surface area contributed by atoms with Crippen molar-refractivity contribution in [1.82, 2.24) is 14.7 Å². The maximum atomic E-state index is 14.4. The predicted molar refractivity (Wildman–Crippen MR) is 114 cm³/mol. The number of aromatic nitrogens is 2. The molecule has 2 aliphatic rings. The second kappa shape index (κ2) is 7.43. The van der Waals surface area contributed by atoms with Crippen molar-refractivity contribution in [3.63, 3.8) is 0 Å². The molecule has 1 amide bonds. The lowest BCUT2D eigenvalue weighted by Gasteiger charge is -2.29. The Hall–Kier alpha value is -3.17. The van der Waals surface area contributed by atoms with Crippen LogP contribution in [0.1, 0.15) is 34.3 Å². The molecule has 1 saturated heterocycles. The molecule has 5 rings (SSSR count). The number of hydrogen-bond donors (Lipinski definition) is 2. The Labute approximate surface area is 187 Å². The van der Waals surface area contributed by atoms with Crippen molar-refractivity contribution in [3.8, 4) is 22.3 Å². The molecule has 0 spiro atoms. The van der Waals surface area contributed by atoms with Gasteiger partial charge >= 0.3 is 6.18 Å². The molecule has 1 aromatic heterocycles. The molecule has 1 unspecified atom stereocenters. The first-order valence-electron chi connectivity index (χ1n) is 10.6. The van der Waals surface area contributed by atoms with Gasteiger partial charge in [-0.15, -0.1) is 0 Å². The van der Waals surface area contributed by atoms with E-state index in [0.29, 0.717) is 30.5 Å². The van der Waals surface area contributed by atoms with Gasteiger partial charge in [-0.25, -0.2) is 0 Å². The minimum atomic E-state index is -5.01. The summed E-state index contributed by atoms with van der Waals surface area (Å²) in [5.74, 6) is -0.472. The molecule has 2 aromatic carbocycles. The minimum absolute atomic E-state index is 0.0310. The number of alkyl halides is 3. The van der Waals surface area contributed by atoms with Gasteiger partial charge < -0.3 is 15.1 Å². The zero-order valence-electron chi connectivity index (χ0n) is 17.8. The Morgan fingerprint density at radius 2 is 1.97 bits per heavy atom. The van der Waals surface area contributed by atoms with Gasteiger partial charge in [0.2, 0.25) is 5.60 Å². The SMILES string of the molecule is Cn1cc(-c2cc(C(=O)N3CCC[C@H]3CO)cc3c2-c2ccccc2C3(O)C(F)(F)F)cn1. The third kappa shape index (κ3) is 3.10. The molecule has 2 N–H and O–H groups in total. The summed E-state index contributed by atoms with van der Waals surface area (Å²) < 4.78 is 44.7. The number of amides is 1. The second-order valence-electron chi connectivity index (χ2n) is 8.58. The molecule has 9 heteroatoms. The van der Waals surface area contributed by atoms with Crippen LogP contribution in [0.5, 0.6) is 0 Å². The number of likely N-dealkylation sites (tertiary alicyclic amines) is 1. The van der Waals surface area contributed by atoms with Gasteiger partial charge in [-0.05, 0) is 41.7 Å². The maximum Gasteiger partial charge on any atom is 0.425 e. The van der Waals surface area contributed by atoms with Crippen molar-refractivity contribution >= 4 is 5.91 Å². The number of aliphatic hydroxyl groups is 2. The molecule has 6 nitrogen and oxygen atoms in total. The number of halogens is 3. The van der Waals surface area contributed by atoms with Gasteiger partial charge in [-0.3, -0.25) is 9.48 Å². The molecule has 1 aliphatic carbocycles. The predicted octanol–water partition coefficient (Wildman–Crippen LogP) is 3.46. The van der Waals surface area contributed by atoms with E-state index in [0.717, 1.165) is 6.07 Å². The third-order valence-corrected chi connectivity index (χ3v) is 6.64. The van der Waals surface area contributed by atoms with Crippen molar-refractivity contribution in [2.45, 2.75) is 30.7 Å². The van der Waals surface area contributed by atoms with Crippen molar-refractivity contribution in [3.05, 3.63) is 65.5 Å². The maximum absolute atomic E-state index is 14.4. The monoisotopic (exact) mass is 457 g/mol. The van der Waals surface area contributed by atoms with Gasteiger partial charge in [0.25, 0.3) is 5.91 Å². The lowest BCUT2D eigenvalue weighted by Crippen LogP contribution is -2.42. The van der Waals surface area contributed by atoms with Gasteiger partial charge in [0.1, 0.15) is 0 Å². The summed E-state index contributed by atoms with van der Waals surface area (Å²) in [5.41, 5.74) is -2.45. The van der Waals surface area contributed by atoms with Crippen molar-refractivity contribution in [2.75, 3.05) is 13.2 Å². The Morgan fingerprint density at radius 1 is 1.21 bits per heavy atom. The van der Waals surface area contributed by atoms with E-state index >= 15 is 0 Å². The molecule has 0 bridgehead atoms. The highest BCUT2D eigenvalue weighted by molar-refractivity contribution is 6.01. The molecule has 0 radical (unpaired) electrons. The fourth-order valence-corrected chi connectivity index (χ4v) is 5.05.